The van der Waals surface area contributed by atoms with Gasteiger partial charge in [0.2, 0.25) is 0 Å². The quantitative estimate of drug-likeness (QED) is 0.831. The predicted octanol–water partition coefficient (Wildman–Crippen LogP) is 2.32. The molecule has 0 radical (unpaired) electrons. The van der Waals surface area contributed by atoms with Gasteiger partial charge in [-0.05, 0) is 26.1 Å². The minimum absolute atomic E-state index is 0.360. The molecule has 0 bridgehead atoms. The number of carboxylic acid groups (broad SMARTS) is 1. The molecule has 4 nitrogen and oxygen atoms in total. The summed E-state index contributed by atoms with van der Waals surface area (Å²) in [4.78, 5) is 13.9. The highest BCUT2D eigenvalue weighted by atomic mass is 35.5. The van der Waals surface area contributed by atoms with E-state index < -0.39 is 12.1 Å². The van der Waals surface area contributed by atoms with Crippen molar-refractivity contribution in [1.82, 2.24) is 4.90 Å². The van der Waals surface area contributed by atoms with E-state index in [0.717, 1.165) is 9.21 Å². The van der Waals surface area contributed by atoms with Crippen molar-refractivity contribution in [2.45, 2.75) is 19.6 Å². The Morgan fingerprint density at radius 3 is 2.82 bits per heavy atom. The summed E-state index contributed by atoms with van der Waals surface area (Å²) in [5.41, 5.74) is 0. The number of hydrogen-bond donors (Lipinski definition) is 1. The highest BCUT2D eigenvalue weighted by Crippen LogP contribution is 2.22. The number of carboxylic acids is 1. The molecule has 96 valence electrons. The summed E-state index contributed by atoms with van der Waals surface area (Å²) in [5, 5.41) is 8.95. The molecule has 17 heavy (non-hydrogen) atoms. The van der Waals surface area contributed by atoms with Gasteiger partial charge in [0.15, 0.2) is 6.10 Å². The molecular weight excluding hydrogens is 262 g/mol. The third-order valence-electron chi connectivity index (χ3n) is 2.18. The first-order chi connectivity index (χ1) is 8.02. The van der Waals surface area contributed by atoms with Crippen LogP contribution in [0.3, 0.4) is 0 Å². The summed E-state index contributed by atoms with van der Waals surface area (Å²) in [6, 6.07) is 3.78. The molecule has 0 saturated carbocycles. The van der Waals surface area contributed by atoms with E-state index in [0.29, 0.717) is 19.7 Å². The van der Waals surface area contributed by atoms with E-state index in [-0.39, 0.29) is 0 Å². The maximum atomic E-state index is 10.9. The van der Waals surface area contributed by atoms with E-state index >= 15 is 0 Å². The Morgan fingerprint density at radius 2 is 2.35 bits per heavy atom. The number of likely N-dealkylation sites (N-methyl/N-ethyl adjacent to an activating group) is 1. The van der Waals surface area contributed by atoms with Crippen LogP contribution in [0.2, 0.25) is 4.34 Å². The van der Waals surface area contributed by atoms with Gasteiger partial charge in [-0.3, -0.25) is 4.90 Å². The van der Waals surface area contributed by atoms with Crippen molar-refractivity contribution in [3.63, 3.8) is 0 Å². The van der Waals surface area contributed by atoms with Crippen LogP contribution in [0.25, 0.3) is 0 Å². The molecule has 1 aromatic heterocycles. The van der Waals surface area contributed by atoms with Crippen LogP contribution in [0.15, 0.2) is 12.1 Å². The molecule has 6 heteroatoms. The largest absolute Gasteiger partial charge is 0.479 e. The Morgan fingerprint density at radius 1 is 1.65 bits per heavy atom. The molecule has 1 aromatic rings. The van der Waals surface area contributed by atoms with Gasteiger partial charge in [0, 0.05) is 24.6 Å². The molecule has 0 aliphatic heterocycles. The summed E-state index contributed by atoms with van der Waals surface area (Å²) < 4.78 is 5.90. The minimum Gasteiger partial charge on any atom is -0.479 e. The third kappa shape index (κ3) is 5.04. The van der Waals surface area contributed by atoms with Gasteiger partial charge in [0.25, 0.3) is 0 Å². The topological polar surface area (TPSA) is 49.8 Å². The molecule has 0 spiro atoms. The normalized spacial score (nSPS) is 12.9. The molecule has 0 amide bonds. The maximum Gasteiger partial charge on any atom is 0.334 e. The Labute approximate surface area is 110 Å². The number of nitrogens with zero attached hydrogens (tertiary/aromatic N) is 1. The molecule has 0 aromatic carbocycles. The fourth-order valence-electron chi connectivity index (χ4n) is 1.45. The highest BCUT2D eigenvalue weighted by Gasteiger charge is 2.19. The van der Waals surface area contributed by atoms with Crippen LogP contribution in [0.4, 0.5) is 0 Å². The van der Waals surface area contributed by atoms with E-state index in [1.807, 2.05) is 24.1 Å². The number of ether oxygens (including phenoxy) is 1. The number of carbonyl (C=O) groups is 1. The van der Waals surface area contributed by atoms with E-state index in [1.165, 1.54) is 11.3 Å². The van der Waals surface area contributed by atoms with Gasteiger partial charge in [0.05, 0.1) is 4.34 Å². The van der Waals surface area contributed by atoms with E-state index in [2.05, 4.69) is 0 Å². The van der Waals surface area contributed by atoms with Crippen molar-refractivity contribution < 1.29 is 14.6 Å². The Bertz CT molecular complexity index is 369. The molecule has 0 fully saturated rings. The highest BCUT2D eigenvalue weighted by molar-refractivity contribution is 7.16. The lowest BCUT2D eigenvalue weighted by atomic mass is 10.3. The number of rotatable bonds is 7. The molecular formula is C11H16ClNO3S. The van der Waals surface area contributed by atoms with Crippen LogP contribution in [-0.2, 0) is 16.1 Å². The van der Waals surface area contributed by atoms with Crippen LogP contribution < -0.4 is 0 Å². The maximum absolute atomic E-state index is 10.9. The van der Waals surface area contributed by atoms with Crippen LogP contribution in [0.5, 0.6) is 0 Å². The number of hydrogen-bond acceptors (Lipinski definition) is 4. The molecule has 1 unspecified atom stereocenters. The lowest BCUT2D eigenvalue weighted by Crippen LogP contribution is -2.36. The van der Waals surface area contributed by atoms with Gasteiger partial charge < -0.3 is 9.84 Å². The molecule has 1 rings (SSSR count). The smallest absolute Gasteiger partial charge is 0.334 e. The average molecular weight is 278 g/mol. The van der Waals surface area contributed by atoms with Gasteiger partial charge in [-0.15, -0.1) is 11.3 Å². The van der Waals surface area contributed by atoms with Crippen LogP contribution in [0.1, 0.15) is 11.8 Å². The molecule has 1 atom stereocenters. The van der Waals surface area contributed by atoms with Crippen LogP contribution >= 0.6 is 22.9 Å². The fraction of sp³-hybridized carbons (Fsp3) is 0.545. The lowest BCUT2D eigenvalue weighted by molar-refractivity contribution is -0.151. The summed E-state index contributed by atoms with van der Waals surface area (Å²) in [5.74, 6) is -0.928. The van der Waals surface area contributed by atoms with E-state index in [9.17, 15) is 4.79 Å². The molecule has 0 aliphatic carbocycles. The van der Waals surface area contributed by atoms with Gasteiger partial charge in [-0.2, -0.15) is 0 Å². The van der Waals surface area contributed by atoms with E-state index in [1.54, 1.807) is 6.92 Å². The van der Waals surface area contributed by atoms with Crippen molar-refractivity contribution in [3.05, 3.63) is 21.3 Å². The van der Waals surface area contributed by atoms with Crippen LogP contribution in [0, 0.1) is 0 Å². The summed E-state index contributed by atoms with van der Waals surface area (Å²) in [6.07, 6.45) is -0.777. The number of thiophene rings is 1. The van der Waals surface area contributed by atoms with Crippen molar-refractivity contribution in [2.24, 2.45) is 0 Å². The third-order valence-corrected chi connectivity index (χ3v) is 3.39. The molecule has 1 N–H and O–H groups in total. The zero-order valence-electron chi connectivity index (χ0n) is 9.85. The Balaban J connectivity index is 2.47. The fourth-order valence-corrected chi connectivity index (χ4v) is 2.62. The predicted molar refractivity (Wildman–Crippen MR) is 68.7 cm³/mol. The van der Waals surface area contributed by atoms with Crippen molar-refractivity contribution in [3.8, 4) is 0 Å². The molecule has 0 saturated heterocycles. The van der Waals surface area contributed by atoms with Crippen molar-refractivity contribution in [1.29, 1.82) is 0 Å². The Hall–Kier alpha value is -0.620. The van der Waals surface area contributed by atoms with Crippen LogP contribution in [-0.4, -0.2) is 42.3 Å². The first-order valence-electron chi connectivity index (χ1n) is 5.30. The summed E-state index contributed by atoms with van der Waals surface area (Å²) in [7, 11) is 1.86. The number of aliphatic carboxylic acids is 1. The Kier molecular flexibility index (Phi) is 5.91. The van der Waals surface area contributed by atoms with Gasteiger partial charge in [-0.1, -0.05) is 11.6 Å². The van der Waals surface area contributed by atoms with Gasteiger partial charge >= 0.3 is 5.97 Å². The van der Waals surface area contributed by atoms with Gasteiger partial charge in [-0.25, -0.2) is 4.79 Å². The zero-order valence-corrected chi connectivity index (χ0v) is 11.4. The lowest BCUT2D eigenvalue weighted by Gasteiger charge is -2.20. The summed E-state index contributed by atoms with van der Waals surface area (Å²) >= 11 is 7.33. The number of halogens is 1. The zero-order chi connectivity index (χ0) is 12.8. The standard InChI is InChI=1S/C11H16ClNO3S/c1-3-16-9(11(14)15)7-13(2)6-8-4-5-10(12)17-8/h4-5,9H,3,6-7H2,1-2H3,(H,14,15). The average Bonchev–Trinajstić information content (AvgIpc) is 2.63. The molecule has 0 aliphatic rings. The SMILES string of the molecule is CCOC(CN(C)Cc1ccc(Cl)s1)C(=O)O. The van der Waals surface area contributed by atoms with Gasteiger partial charge in [0.1, 0.15) is 0 Å². The van der Waals surface area contributed by atoms with E-state index in [4.69, 9.17) is 21.4 Å². The minimum atomic E-state index is -0.928. The van der Waals surface area contributed by atoms with Crippen molar-refractivity contribution in [2.75, 3.05) is 20.2 Å². The first-order valence-corrected chi connectivity index (χ1v) is 6.49. The first kappa shape index (κ1) is 14.4. The second-order valence-electron chi connectivity index (χ2n) is 3.68. The summed E-state index contributed by atoms with van der Waals surface area (Å²) in [6.45, 7) is 3.22. The molecule has 1 heterocycles. The second-order valence-corrected chi connectivity index (χ2v) is 5.48. The van der Waals surface area contributed by atoms with Crippen molar-refractivity contribution >= 4 is 28.9 Å². The second kappa shape index (κ2) is 6.96. The monoisotopic (exact) mass is 277 g/mol.